The summed E-state index contributed by atoms with van der Waals surface area (Å²) in [5.41, 5.74) is 6.81. The number of nitrogens with zero attached hydrogens (tertiary/aromatic N) is 2. The molecule has 0 aromatic rings. The third-order valence-electron chi connectivity index (χ3n) is 3.14. The topological polar surface area (TPSA) is 50.9 Å². The van der Waals surface area contributed by atoms with Gasteiger partial charge in [0.1, 0.15) is 0 Å². The average Bonchev–Trinajstić information content (AvgIpc) is 2.20. The molecule has 0 aromatic heterocycles. The molecule has 0 saturated carbocycles. The Morgan fingerprint density at radius 1 is 1.67 bits per heavy atom. The fourth-order valence-electron chi connectivity index (χ4n) is 2.38. The van der Waals surface area contributed by atoms with Crippen molar-refractivity contribution in [2.24, 2.45) is 16.1 Å². The highest BCUT2D eigenvalue weighted by Crippen LogP contribution is 2.32. The first kappa shape index (κ1) is 10.5. The number of rotatable bonds is 2. The van der Waals surface area contributed by atoms with Gasteiger partial charge in [-0.25, -0.2) is 0 Å². The Morgan fingerprint density at radius 2 is 2.40 bits per heavy atom. The van der Waals surface area contributed by atoms with Gasteiger partial charge in [0.25, 0.3) is 0 Å². The summed E-state index contributed by atoms with van der Waals surface area (Å²) < 4.78 is 5.70. The molecule has 2 rings (SSSR count). The van der Waals surface area contributed by atoms with Crippen LogP contribution in [0.5, 0.6) is 0 Å². The molecule has 1 saturated heterocycles. The number of likely N-dealkylation sites (tertiary alicyclic amines) is 1. The highest BCUT2D eigenvalue weighted by atomic mass is 16.5. The number of nitrogens with two attached hydrogens (primary N) is 1. The van der Waals surface area contributed by atoms with Crippen LogP contribution in [0.25, 0.3) is 0 Å². The minimum atomic E-state index is 0.283. The lowest BCUT2D eigenvalue weighted by Crippen LogP contribution is -2.60. The highest BCUT2D eigenvalue weighted by Gasteiger charge is 2.44. The van der Waals surface area contributed by atoms with Crippen molar-refractivity contribution in [3.05, 3.63) is 11.8 Å². The van der Waals surface area contributed by atoms with Crippen LogP contribution in [-0.2, 0) is 4.74 Å². The normalized spacial score (nSPS) is 25.7. The number of ether oxygens (including phenoxy) is 1. The van der Waals surface area contributed by atoms with Gasteiger partial charge in [-0.15, -0.1) is 0 Å². The molecule has 2 aliphatic heterocycles. The van der Waals surface area contributed by atoms with Gasteiger partial charge in [-0.05, 0) is 13.5 Å². The first-order valence-electron chi connectivity index (χ1n) is 5.46. The van der Waals surface area contributed by atoms with E-state index in [1.165, 1.54) is 0 Å². The molecule has 4 nitrogen and oxygen atoms in total. The number of hydrogen-bond donors (Lipinski definition) is 1. The van der Waals surface area contributed by atoms with E-state index in [-0.39, 0.29) is 5.41 Å². The molecule has 0 atom stereocenters. The lowest BCUT2D eigenvalue weighted by atomic mass is 9.80. The van der Waals surface area contributed by atoms with Crippen LogP contribution < -0.4 is 5.73 Å². The Labute approximate surface area is 90.8 Å². The Bertz CT molecular complexity index is 303. The second-order valence-corrected chi connectivity index (χ2v) is 4.63. The van der Waals surface area contributed by atoms with Gasteiger partial charge in [-0.2, -0.15) is 0 Å². The van der Waals surface area contributed by atoms with E-state index < -0.39 is 0 Å². The van der Waals surface area contributed by atoms with E-state index in [2.05, 4.69) is 23.9 Å². The molecule has 1 fully saturated rings. The van der Waals surface area contributed by atoms with Crippen LogP contribution in [0.2, 0.25) is 0 Å². The predicted octanol–water partition coefficient (Wildman–Crippen LogP) is 0.599. The summed E-state index contributed by atoms with van der Waals surface area (Å²) in [4.78, 5) is 6.80. The molecule has 0 aromatic carbocycles. The fourth-order valence-corrected chi connectivity index (χ4v) is 2.38. The maximum absolute atomic E-state index is 5.70. The van der Waals surface area contributed by atoms with Crippen molar-refractivity contribution in [3.8, 4) is 0 Å². The predicted molar refractivity (Wildman–Crippen MR) is 60.7 cm³/mol. The van der Waals surface area contributed by atoms with Gasteiger partial charge in [0, 0.05) is 30.3 Å². The van der Waals surface area contributed by atoms with Gasteiger partial charge < -0.3 is 15.4 Å². The molecule has 0 amide bonds. The van der Waals surface area contributed by atoms with E-state index >= 15 is 0 Å². The number of hydrogen-bond acceptors (Lipinski definition) is 4. The zero-order valence-electron chi connectivity index (χ0n) is 9.49. The zero-order valence-corrected chi connectivity index (χ0v) is 9.49. The Morgan fingerprint density at radius 3 is 2.80 bits per heavy atom. The van der Waals surface area contributed by atoms with Crippen LogP contribution in [0.4, 0.5) is 0 Å². The Balaban J connectivity index is 2.00. The summed E-state index contributed by atoms with van der Waals surface area (Å²) in [5, 5.41) is 0. The van der Waals surface area contributed by atoms with Crippen molar-refractivity contribution < 1.29 is 4.74 Å². The molecule has 0 aliphatic carbocycles. The highest BCUT2D eigenvalue weighted by molar-refractivity contribution is 5.93. The van der Waals surface area contributed by atoms with Crippen molar-refractivity contribution in [1.29, 1.82) is 0 Å². The largest absolute Gasteiger partial charge is 0.477 e. The summed E-state index contributed by atoms with van der Waals surface area (Å²) in [6.07, 6.45) is 2.48. The minimum Gasteiger partial charge on any atom is -0.477 e. The molecule has 1 spiro atoms. The quantitative estimate of drug-likeness (QED) is 0.724. The van der Waals surface area contributed by atoms with E-state index in [4.69, 9.17) is 10.5 Å². The zero-order chi connectivity index (χ0) is 10.9. The van der Waals surface area contributed by atoms with Crippen molar-refractivity contribution >= 4 is 5.90 Å². The first-order valence-corrected chi connectivity index (χ1v) is 5.46. The van der Waals surface area contributed by atoms with Crippen molar-refractivity contribution in [3.63, 3.8) is 0 Å². The van der Waals surface area contributed by atoms with Gasteiger partial charge in [-0.3, -0.25) is 4.99 Å². The van der Waals surface area contributed by atoms with Crippen LogP contribution in [-0.4, -0.2) is 44.1 Å². The summed E-state index contributed by atoms with van der Waals surface area (Å²) >= 11 is 0. The molecule has 0 radical (unpaired) electrons. The Kier molecular flexibility index (Phi) is 2.69. The van der Waals surface area contributed by atoms with Gasteiger partial charge in [0.2, 0.25) is 5.90 Å². The monoisotopic (exact) mass is 209 g/mol. The van der Waals surface area contributed by atoms with E-state index in [1.807, 2.05) is 0 Å². The smallest absolute Gasteiger partial charge is 0.213 e. The SMILES string of the molecule is CC/C(=C/N)C1=NCC2(CO1)CN(C)C2. The molecule has 2 heterocycles. The summed E-state index contributed by atoms with van der Waals surface area (Å²) in [5.74, 6) is 0.750. The molecule has 0 bridgehead atoms. The average molecular weight is 209 g/mol. The lowest BCUT2D eigenvalue weighted by Gasteiger charge is -2.49. The van der Waals surface area contributed by atoms with Gasteiger partial charge in [0.05, 0.1) is 13.2 Å². The molecule has 15 heavy (non-hydrogen) atoms. The maximum atomic E-state index is 5.70. The molecule has 84 valence electrons. The van der Waals surface area contributed by atoms with Gasteiger partial charge in [0.15, 0.2) is 0 Å². The standard InChI is InChI=1S/C11H19N3O/c1-3-9(4-12)10-13-5-11(8-15-10)6-14(2)7-11/h4H,3,5-8,12H2,1-2H3/b9-4-. The third kappa shape index (κ3) is 1.86. The van der Waals surface area contributed by atoms with Gasteiger partial charge >= 0.3 is 0 Å². The summed E-state index contributed by atoms with van der Waals surface area (Å²) in [7, 11) is 2.13. The van der Waals surface area contributed by atoms with E-state index in [0.29, 0.717) is 0 Å². The molecular weight excluding hydrogens is 190 g/mol. The van der Waals surface area contributed by atoms with Crippen LogP contribution >= 0.6 is 0 Å². The fraction of sp³-hybridized carbons (Fsp3) is 0.727. The van der Waals surface area contributed by atoms with E-state index in [1.54, 1.807) is 6.20 Å². The molecule has 0 unspecified atom stereocenters. The number of aliphatic imine (C=N–C) groups is 1. The first-order chi connectivity index (χ1) is 7.19. The second kappa shape index (κ2) is 3.85. The Hall–Kier alpha value is -1.03. The van der Waals surface area contributed by atoms with Crippen LogP contribution in [0.3, 0.4) is 0 Å². The van der Waals surface area contributed by atoms with Crippen LogP contribution in [0.15, 0.2) is 16.8 Å². The third-order valence-corrected chi connectivity index (χ3v) is 3.14. The molecule has 4 heteroatoms. The minimum absolute atomic E-state index is 0.283. The second-order valence-electron chi connectivity index (χ2n) is 4.63. The van der Waals surface area contributed by atoms with Crippen molar-refractivity contribution in [1.82, 2.24) is 4.90 Å². The van der Waals surface area contributed by atoms with Crippen LogP contribution in [0, 0.1) is 5.41 Å². The van der Waals surface area contributed by atoms with E-state index in [0.717, 1.165) is 44.1 Å². The molecule has 2 aliphatic rings. The maximum Gasteiger partial charge on any atom is 0.213 e. The van der Waals surface area contributed by atoms with E-state index in [9.17, 15) is 0 Å². The molecule has 2 N–H and O–H groups in total. The van der Waals surface area contributed by atoms with Crippen LogP contribution in [0.1, 0.15) is 13.3 Å². The molecular formula is C11H19N3O. The summed E-state index contributed by atoms with van der Waals surface area (Å²) in [6.45, 7) is 5.92. The van der Waals surface area contributed by atoms with Gasteiger partial charge in [-0.1, -0.05) is 6.92 Å². The van der Waals surface area contributed by atoms with Crippen molar-refractivity contribution in [2.45, 2.75) is 13.3 Å². The summed E-state index contributed by atoms with van der Waals surface area (Å²) in [6, 6.07) is 0. The lowest BCUT2D eigenvalue weighted by molar-refractivity contribution is -0.0222. The van der Waals surface area contributed by atoms with Crippen molar-refractivity contribution in [2.75, 3.05) is 33.3 Å².